The van der Waals surface area contributed by atoms with E-state index in [0.29, 0.717) is 28.9 Å². The quantitative estimate of drug-likeness (QED) is 0.718. The maximum Gasteiger partial charge on any atom is 0.405 e. The molecule has 0 unspecified atom stereocenters. The van der Waals surface area contributed by atoms with Gasteiger partial charge in [-0.3, -0.25) is 4.79 Å². The van der Waals surface area contributed by atoms with Gasteiger partial charge in [-0.15, -0.1) is 0 Å². The van der Waals surface area contributed by atoms with Gasteiger partial charge in [-0.25, -0.2) is 14.8 Å². The van der Waals surface area contributed by atoms with Crippen LogP contribution in [0.1, 0.15) is 44.1 Å². The highest BCUT2D eigenvalue weighted by molar-refractivity contribution is 5.96. The molecule has 1 saturated carbocycles. The third-order valence-corrected chi connectivity index (χ3v) is 5.27. The summed E-state index contributed by atoms with van der Waals surface area (Å²) < 4.78 is 5.12. The van der Waals surface area contributed by atoms with Crippen LogP contribution in [0.2, 0.25) is 0 Å². The highest BCUT2D eigenvalue weighted by Crippen LogP contribution is 2.31. The lowest BCUT2D eigenvalue weighted by Gasteiger charge is -2.31. The van der Waals surface area contributed by atoms with Gasteiger partial charge in [0, 0.05) is 0 Å². The molecule has 9 nitrogen and oxygen atoms in total. The van der Waals surface area contributed by atoms with Crippen LogP contribution in [-0.2, 0) is 4.79 Å². The van der Waals surface area contributed by atoms with Gasteiger partial charge in [0.25, 0.3) is 0 Å². The van der Waals surface area contributed by atoms with E-state index in [0.717, 1.165) is 31.2 Å². The van der Waals surface area contributed by atoms with Crippen molar-refractivity contribution in [3.63, 3.8) is 0 Å². The summed E-state index contributed by atoms with van der Waals surface area (Å²) in [6.07, 6.45) is 5.40. The number of hydrogen-bond donors (Lipinski definition) is 3. The van der Waals surface area contributed by atoms with Gasteiger partial charge >= 0.3 is 6.09 Å². The first kappa shape index (κ1) is 19.8. The van der Waals surface area contributed by atoms with Crippen LogP contribution in [0.25, 0.3) is 11.4 Å². The molecule has 1 atom stereocenters. The summed E-state index contributed by atoms with van der Waals surface area (Å²) in [4.78, 5) is 32.5. The normalized spacial score (nSPS) is 20.4. The standard InChI is InChI=1S/C19H25N5O4/c1-10-4-6-13(7-5-10)16(23-19(26)27)18(25)22-14-8-20-17(21-9-14)15-11(2)24-28-12(15)3/h8-10,13,16,23H,4-7H2,1-3H3,(H,22,25)(H,26,27)/t10?,13?,16-/m0/s1. The minimum atomic E-state index is -1.20. The fraction of sp³-hybridized carbons (Fsp3) is 0.526. The number of carbonyl (C=O) groups excluding carboxylic acids is 1. The first-order chi connectivity index (χ1) is 13.3. The first-order valence-corrected chi connectivity index (χ1v) is 9.40. The molecular weight excluding hydrogens is 362 g/mol. The predicted molar refractivity (Wildman–Crippen MR) is 102 cm³/mol. The Morgan fingerprint density at radius 3 is 2.36 bits per heavy atom. The summed E-state index contributed by atoms with van der Waals surface area (Å²) in [5, 5.41) is 18.1. The zero-order valence-electron chi connectivity index (χ0n) is 16.2. The molecule has 0 aromatic carbocycles. The van der Waals surface area contributed by atoms with Crippen molar-refractivity contribution < 1.29 is 19.2 Å². The summed E-state index contributed by atoms with van der Waals surface area (Å²) in [7, 11) is 0. The second kappa shape index (κ2) is 8.37. The maximum atomic E-state index is 12.7. The Labute approximate surface area is 162 Å². The van der Waals surface area contributed by atoms with E-state index in [9.17, 15) is 9.59 Å². The number of nitrogens with one attached hydrogen (secondary N) is 2. The fourth-order valence-electron chi connectivity index (χ4n) is 3.69. The van der Waals surface area contributed by atoms with Crippen LogP contribution in [0.3, 0.4) is 0 Å². The van der Waals surface area contributed by atoms with Crippen LogP contribution in [-0.4, -0.2) is 38.3 Å². The summed E-state index contributed by atoms with van der Waals surface area (Å²) in [5.74, 6) is 1.27. The molecule has 1 fully saturated rings. The van der Waals surface area contributed by atoms with Gasteiger partial charge in [-0.1, -0.05) is 24.9 Å². The summed E-state index contributed by atoms with van der Waals surface area (Å²) >= 11 is 0. The monoisotopic (exact) mass is 387 g/mol. The van der Waals surface area contributed by atoms with Crippen LogP contribution in [0.15, 0.2) is 16.9 Å². The topological polar surface area (TPSA) is 130 Å². The number of anilines is 1. The number of carboxylic acid groups (broad SMARTS) is 1. The highest BCUT2D eigenvalue weighted by Gasteiger charge is 2.32. The van der Waals surface area contributed by atoms with E-state index in [1.165, 1.54) is 12.4 Å². The summed E-state index contributed by atoms with van der Waals surface area (Å²) in [6, 6.07) is -0.799. The highest BCUT2D eigenvalue weighted by atomic mass is 16.5. The van der Waals surface area contributed by atoms with E-state index in [-0.39, 0.29) is 5.92 Å². The van der Waals surface area contributed by atoms with Gasteiger partial charge in [0.15, 0.2) is 5.82 Å². The van der Waals surface area contributed by atoms with Crippen LogP contribution in [0.4, 0.5) is 10.5 Å². The lowest BCUT2D eigenvalue weighted by molar-refractivity contribution is -0.119. The average Bonchev–Trinajstić information content (AvgIpc) is 2.99. The SMILES string of the molecule is Cc1noc(C)c1-c1ncc(NC(=O)[C@@H](NC(=O)O)C2CCC(C)CC2)cn1. The van der Waals surface area contributed by atoms with Crippen molar-refractivity contribution in [3.05, 3.63) is 23.8 Å². The molecule has 0 radical (unpaired) electrons. The fourth-order valence-corrected chi connectivity index (χ4v) is 3.69. The molecule has 1 aliphatic rings. The van der Waals surface area contributed by atoms with Crippen molar-refractivity contribution in [3.8, 4) is 11.4 Å². The molecule has 0 aliphatic heterocycles. The van der Waals surface area contributed by atoms with E-state index < -0.39 is 18.0 Å². The molecule has 0 saturated heterocycles. The lowest BCUT2D eigenvalue weighted by atomic mass is 9.79. The minimum Gasteiger partial charge on any atom is -0.465 e. The van der Waals surface area contributed by atoms with Gasteiger partial charge in [-0.2, -0.15) is 0 Å². The second-order valence-corrected chi connectivity index (χ2v) is 7.43. The molecule has 0 bridgehead atoms. The van der Waals surface area contributed by atoms with Gasteiger partial charge in [0.1, 0.15) is 11.8 Å². The van der Waals surface area contributed by atoms with Crippen molar-refractivity contribution in [1.29, 1.82) is 0 Å². The molecule has 9 heteroatoms. The van der Waals surface area contributed by atoms with E-state index in [1.807, 2.05) is 0 Å². The summed E-state index contributed by atoms with van der Waals surface area (Å²) in [5.41, 5.74) is 1.81. The van der Waals surface area contributed by atoms with Gasteiger partial charge in [-0.05, 0) is 38.5 Å². The van der Waals surface area contributed by atoms with E-state index in [2.05, 4.69) is 32.7 Å². The first-order valence-electron chi connectivity index (χ1n) is 9.40. The molecule has 2 amide bonds. The largest absolute Gasteiger partial charge is 0.465 e. The van der Waals surface area contributed by atoms with Gasteiger partial charge in [0.2, 0.25) is 5.91 Å². The smallest absolute Gasteiger partial charge is 0.405 e. The van der Waals surface area contributed by atoms with Crippen LogP contribution in [0.5, 0.6) is 0 Å². The average molecular weight is 387 g/mol. The Kier molecular flexibility index (Phi) is 5.91. The van der Waals surface area contributed by atoms with Gasteiger partial charge in [0.05, 0.1) is 29.3 Å². The van der Waals surface area contributed by atoms with Crippen molar-refractivity contribution >= 4 is 17.7 Å². The zero-order valence-corrected chi connectivity index (χ0v) is 16.2. The van der Waals surface area contributed by atoms with Gasteiger partial charge < -0.3 is 20.3 Å². The Morgan fingerprint density at radius 1 is 1.18 bits per heavy atom. The number of amides is 2. The lowest BCUT2D eigenvalue weighted by Crippen LogP contribution is -2.49. The van der Waals surface area contributed by atoms with Crippen molar-refractivity contribution in [1.82, 2.24) is 20.4 Å². The van der Waals surface area contributed by atoms with Crippen molar-refractivity contribution in [2.75, 3.05) is 5.32 Å². The van der Waals surface area contributed by atoms with Crippen LogP contribution in [0, 0.1) is 25.7 Å². The molecular formula is C19H25N5O4. The Morgan fingerprint density at radius 2 is 1.82 bits per heavy atom. The molecule has 0 spiro atoms. The van der Waals surface area contributed by atoms with Crippen molar-refractivity contribution in [2.24, 2.45) is 11.8 Å². The van der Waals surface area contributed by atoms with Crippen molar-refractivity contribution in [2.45, 2.75) is 52.5 Å². The van der Waals surface area contributed by atoms with E-state index in [1.54, 1.807) is 13.8 Å². The zero-order chi connectivity index (χ0) is 20.3. The summed E-state index contributed by atoms with van der Waals surface area (Å²) in [6.45, 7) is 5.76. The third kappa shape index (κ3) is 4.47. The predicted octanol–water partition coefficient (Wildman–Crippen LogP) is 3.15. The van der Waals surface area contributed by atoms with Crippen LogP contribution < -0.4 is 10.6 Å². The number of hydrogen-bond acceptors (Lipinski definition) is 6. The molecule has 1 aliphatic carbocycles. The number of aryl methyl sites for hydroxylation is 2. The maximum absolute atomic E-state index is 12.7. The third-order valence-electron chi connectivity index (χ3n) is 5.27. The Bertz CT molecular complexity index is 821. The Balaban J connectivity index is 1.71. The molecule has 2 aromatic heterocycles. The molecule has 2 heterocycles. The Hall–Kier alpha value is -2.97. The molecule has 3 rings (SSSR count). The number of nitrogens with zero attached hydrogens (tertiary/aromatic N) is 3. The molecule has 150 valence electrons. The van der Waals surface area contributed by atoms with Crippen LogP contribution >= 0.6 is 0 Å². The number of carbonyl (C=O) groups is 2. The molecule has 2 aromatic rings. The molecule has 28 heavy (non-hydrogen) atoms. The second-order valence-electron chi connectivity index (χ2n) is 7.43. The van der Waals surface area contributed by atoms with E-state index in [4.69, 9.17) is 9.63 Å². The molecule has 3 N–H and O–H groups in total. The number of rotatable bonds is 5. The number of aromatic nitrogens is 3. The van der Waals surface area contributed by atoms with E-state index >= 15 is 0 Å². The minimum absolute atomic E-state index is 0.0187.